The van der Waals surface area contributed by atoms with Crippen molar-refractivity contribution in [1.29, 1.82) is 0 Å². The maximum atomic E-state index is 4.88. The van der Waals surface area contributed by atoms with Gasteiger partial charge >= 0.3 is 0 Å². The first-order valence-electron chi connectivity index (χ1n) is 13.1. The van der Waals surface area contributed by atoms with E-state index in [0.717, 1.165) is 69.3 Å². The highest BCUT2D eigenvalue weighted by Gasteiger charge is 2.17. The molecule has 190 valence electrons. The van der Waals surface area contributed by atoms with Gasteiger partial charge in [-0.3, -0.25) is 15.1 Å². The van der Waals surface area contributed by atoms with Gasteiger partial charge in [0.15, 0.2) is 11.5 Å². The van der Waals surface area contributed by atoms with Crippen molar-refractivity contribution in [2.45, 2.75) is 39.2 Å². The first-order valence-corrected chi connectivity index (χ1v) is 13.1. The van der Waals surface area contributed by atoms with Crippen LogP contribution in [0.4, 0.5) is 0 Å². The second-order valence-corrected chi connectivity index (χ2v) is 10.1. The van der Waals surface area contributed by atoms with Crippen LogP contribution in [-0.4, -0.2) is 51.2 Å². The molecule has 0 aromatic carbocycles. The van der Waals surface area contributed by atoms with E-state index in [1.807, 2.05) is 48.4 Å². The van der Waals surface area contributed by atoms with Crippen molar-refractivity contribution in [3.8, 4) is 28.5 Å². The minimum atomic E-state index is 0.642. The summed E-state index contributed by atoms with van der Waals surface area (Å²) in [6.45, 7) is 3.84. The van der Waals surface area contributed by atoms with E-state index >= 15 is 0 Å². The lowest BCUT2D eigenvalue weighted by atomic mass is 10.1. The molecular formula is C28H28N10. The molecule has 6 aromatic heterocycles. The number of hydrogen-bond donors (Lipinski definition) is 3. The van der Waals surface area contributed by atoms with E-state index in [0.29, 0.717) is 11.5 Å². The Hall–Kier alpha value is -4.44. The van der Waals surface area contributed by atoms with Crippen molar-refractivity contribution in [1.82, 2.24) is 50.0 Å². The molecule has 0 amide bonds. The number of aromatic amines is 2. The van der Waals surface area contributed by atoms with Crippen molar-refractivity contribution in [3.63, 3.8) is 0 Å². The molecule has 38 heavy (non-hydrogen) atoms. The molecule has 1 aliphatic rings. The maximum Gasteiger partial charge on any atom is 0.161 e. The fourth-order valence-electron chi connectivity index (χ4n) is 5.39. The minimum absolute atomic E-state index is 0.642. The molecule has 1 aliphatic carbocycles. The van der Waals surface area contributed by atoms with Gasteiger partial charge in [0, 0.05) is 42.3 Å². The smallest absolute Gasteiger partial charge is 0.161 e. The molecule has 10 nitrogen and oxygen atoms in total. The average Bonchev–Trinajstić information content (AvgIpc) is 3.74. The first kappa shape index (κ1) is 22.7. The summed E-state index contributed by atoms with van der Waals surface area (Å²) in [4.78, 5) is 26.2. The summed E-state index contributed by atoms with van der Waals surface area (Å²) in [5.74, 6) is 1.45. The van der Waals surface area contributed by atoms with Crippen molar-refractivity contribution in [3.05, 3.63) is 66.8 Å². The van der Waals surface area contributed by atoms with Crippen LogP contribution >= 0.6 is 0 Å². The van der Waals surface area contributed by atoms with E-state index in [-0.39, 0.29) is 0 Å². The number of imidazole rings is 2. The van der Waals surface area contributed by atoms with E-state index < -0.39 is 0 Å². The second-order valence-electron chi connectivity index (χ2n) is 10.1. The lowest BCUT2D eigenvalue weighted by molar-refractivity contribution is 0.489. The summed E-state index contributed by atoms with van der Waals surface area (Å²) in [5.41, 5.74) is 7.82. The van der Waals surface area contributed by atoms with Gasteiger partial charge in [0.2, 0.25) is 0 Å². The van der Waals surface area contributed by atoms with Crippen LogP contribution in [0.3, 0.4) is 0 Å². The summed E-state index contributed by atoms with van der Waals surface area (Å²) in [6.07, 6.45) is 16.5. The number of nitrogens with one attached hydrogen (secondary N) is 3. The largest absolute Gasteiger partial charge is 0.321 e. The zero-order chi connectivity index (χ0) is 25.5. The van der Waals surface area contributed by atoms with Crippen LogP contribution < -0.4 is 5.32 Å². The highest BCUT2D eigenvalue weighted by Crippen LogP contribution is 2.30. The van der Waals surface area contributed by atoms with Crippen LogP contribution in [0, 0.1) is 12.8 Å². The Kier molecular flexibility index (Phi) is 5.66. The zero-order valence-electron chi connectivity index (χ0n) is 21.1. The average molecular weight is 505 g/mol. The van der Waals surface area contributed by atoms with Crippen LogP contribution in [0.15, 0.2) is 55.5 Å². The van der Waals surface area contributed by atoms with Gasteiger partial charge in [-0.2, -0.15) is 5.10 Å². The Morgan fingerprint density at radius 3 is 2.87 bits per heavy atom. The molecule has 0 saturated heterocycles. The number of hydrogen-bond acceptors (Lipinski definition) is 7. The van der Waals surface area contributed by atoms with E-state index in [2.05, 4.69) is 46.5 Å². The van der Waals surface area contributed by atoms with Crippen LogP contribution in [0.5, 0.6) is 0 Å². The molecule has 6 heterocycles. The molecule has 0 atom stereocenters. The normalized spacial score (nSPS) is 14.2. The minimum Gasteiger partial charge on any atom is -0.321 e. The predicted octanol–water partition coefficient (Wildman–Crippen LogP) is 4.73. The van der Waals surface area contributed by atoms with E-state index in [9.17, 15) is 0 Å². The van der Waals surface area contributed by atoms with Crippen LogP contribution in [0.1, 0.15) is 36.9 Å². The first-order chi connectivity index (χ1) is 18.7. The van der Waals surface area contributed by atoms with E-state index in [1.54, 1.807) is 12.5 Å². The number of aromatic nitrogens is 9. The molecule has 1 saturated carbocycles. The van der Waals surface area contributed by atoms with Crippen LogP contribution in [0.2, 0.25) is 0 Å². The third-order valence-corrected chi connectivity index (χ3v) is 7.35. The SMILES string of the molecule is Cc1cn(-c2ccnc3[nH]c(-c4n[nH]c5cnc(-c6cncc(CNCC7CCCC7)c6)cc45)nc23)cn1. The fraction of sp³-hybridized carbons (Fsp3) is 0.286. The van der Waals surface area contributed by atoms with Gasteiger partial charge in [-0.25, -0.2) is 15.0 Å². The van der Waals surface area contributed by atoms with Gasteiger partial charge in [-0.05, 0) is 56.0 Å². The molecule has 6 aromatic rings. The lowest BCUT2D eigenvalue weighted by Gasteiger charge is -2.11. The van der Waals surface area contributed by atoms with E-state index in [4.69, 9.17) is 4.98 Å². The number of nitrogens with zero attached hydrogens (tertiary/aromatic N) is 7. The Labute approximate surface area is 219 Å². The van der Waals surface area contributed by atoms with Gasteiger partial charge in [0.1, 0.15) is 11.2 Å². The predicted molar refractivity (Wildman–Crippen MR) is 146 cm³/mol. The standard InChI is InChI=1S/C28H28N10/c1-17-15-38(16-33-17)24-6-7-31-27-26(24)34-28(35-27)25-21-9-22(32-14-23(21)36-37-25)20-8-19(12-30-13-20)11-29-10-18-4-2-3-5-18/h6-9,12-16,18,29H,2-5,10-11H2,1H3,(H,36,37)(H,31,34,35). The van der Waals surface area contributed by atoms with Gasteiger partial charge in [-0.1, -0.05) is 12.8 Å². The summed E-state index contributed by atoms with van der Waals surface area (Å²) >= 11 is 0. The topological polar surface area (TPSA) is 126 Å². The van der Waals surface area contributed by atoms with Crippen LogP contribution in [0.25, 0.3) is 50.5 Å². The van der Waals surface area contributed by atoms with Gasteiger partial charge in [-0.15, -0.1) is 0 Å². The molecular weight excluding hydrogens is 476 g/mol. The Bertz CT molecular complexity index is 1740. The number of aryl methyl sites for hydroxylation is 1. The van der Waals surface area contributed by atoms with Gasteiger partial charge in [0.25, 0.3) is 0 Å². The third kappa shape index (κ3) is 4.22. The Balaban J connectivity index is 1.20. The van der Waals surface area contributed by atoms with Crippen molar-refractivity contribution < 1.29 is 0 Å². The summed E-state index contributed by atoms with van der Waals surface area (Å²) in [6, 6.07) is 6.14. The fourth-order valence-corrected chi connectivity index (χ4v) is 5.39. The quantitative estimate of drug-likeness (QED) is 0.287. The van der Waals surface area contributed by atoms with Gasteiger partial charge in [0.05, 0.1) is 35.1 Å². The molecule has 0 spiro atoms. The monoisotopic (exact) mass is 504 g/mol. The zero-order valence-corrected chi connectivity index (χ0v) is 21.1. The highest BCUT2D eigenvalue weighted by atomic mass is 15.2. The molecule has 10 heteroatoms. The van der Waals surface area contributed by atoms with Crippen molar-refractivity contribution in [2.75, 3.05) is 6.54 Å². The number of H-pyrrole nitrogens is 2. The summed E-state index contributed by atoms with van der Waals surface area (Å²) in [5, 5.41) is 12.2. The molecule has 0 aliphatic heterocycles. The highest BCUT2D eigenvalue weighted by molar-refractivity contribution is 5.95. The number of pyridine rings is 3. The molecule has 1 fully saturated rings. The summed E-state index contributed by atoms with van der Waals surface area (Å²) < 4.78 is 1.96. The van der Waals surface area contributed by atoms with Crippen molar-refractivity contribution in [2.24, 2.45) is 5.92 Å². The summed E-state index contributed by atoms with van der Waals surface area (Å²) in [7, 11) is 0. The molecule has 0 radical (unpaired) electrons. The van der Waals surface area contributed by atoms with Crippen LogP contribution in [-0.2, 0) is 6.54 Å². The number of rotatable bonds is 7. The molecule has 0 unspecified atom stereocenters. The molecule has 3 N–H and O–H groups in total. The van der Waals surface area contributed by atoms with Crippen molar-refractivity contribution >= 4 is 22.1 Å². The molecule has 7 rings (SSSR count). The van der Waals surface area contributed by atoms with E-state index in [1.165, 1.54) is 25.7 Å². The Morgan fingerprint density at radius 1 is 1.08 bits per heavy atom. The number of fused-ring (bicyclic) bond motifs is 2. The Morgan fingerprint density at radius 2 is 2.00 bits per heavy atom. The molecule has 0 bridgehead atoms. The second kappa shape index (κ2) is 9.46. The lowest BCUT2D eigenvalue weighted by Crippen LogP contribution is -2.20. The maximum absolute atomic E-state index is 4.88. The third-order valence-electron chi connectivity index (χ3n) is 7.35. The van der Waals surface area contributed by atoms with Gasteiger partial charge < -0.3 is 14.9 Å².